The predicted molar refractivity (Wildman–Crippen MR) is 94.3 cm³/mol. The molecule has 2 rings (SSSR count). The Bertz CT molecular complexity index is 711. The van der Waals surface area contributed by atoms with E-state index < -0.39 is 20.0 Å². The second-order valence-electron chi connectivity index (χ2n) is 6.31. The monoisotopic (exact) mass is 420 g/mol. The van der Waals surface area contributed by atoms with Crippen LogP contribution in [-0.2, 0) is 11.5 Å². The number of thiophene rings is 1. The molecule has 1 N–H and O–H groups in total. The zero-order valence-electron chi connectivity index (χ0n) is 13.1. The van der Waals surface area contributed by atoms with E-state index in [1.54, 1.807) is 6.07 Å². The van der Waals surface area contributed by atoms with Crippen molar-refractivity contribution in [1.82, 2.24) is 9.78 Å². The van der Waals surface area contributed by atoms with Gasteiger partial charge in [0.2, 0.25) is 5.95 Å². The molecule has 0 saturated heterocycles. The average Bonchev–Trinajstić information content (AvgIpc) is 2.97. The molecule has 2 aromatic rings. The molecule has 9 heteroatoms. The van der Waals surface area contributed by atoms with E-state index in [2.05, 4.69) is 40.7 Å². The normalized spacial score (nSPS) is 11.9. The Morgan fingerprint density at radius 1 is 1.52 bits per heavy atom. The van der Waals surface area contributed by atoms with E-state index in [4.69, 9.17) is 9.84 Å². The number of rotatable bonds is 7. The fourth-order valence-corrected chi connectivity index (χ4v) is 4.25. The summed E-state index contributed by atoms with van der Waals surface area (Å²) in [4.78, 5) is 11.7. The van der Waals surface area contributed by atoms with Crippen molar-refractivity contribution in [3.8, 4) is 10.4 Å². The summed E-state index contributed by atoms with van der Waals surface area (Å²) in [6, 6.07) is 2.62. The van der Waals surface area contributed by atoms with Crippen LogP contribution in [0.1, 0.15) is 9.67 Å². The summed E-state index contributed by atoms with van der Waals surface area (Å²) < 4.78 is 21.4. The van der Waals surface area contributed by atoms with Gasteiger partial charge in [0.15, 0.2) is 0 Å². The van der Waals surface area contributed by atoms with Crippen molar-refractivity contribution in [3.05, 3.63) is 27.6 Å². The van der Waals surface area contributed by atoms with Gasteiger partial charge in [-0.25, -0.2) is 9.48 Å². The summed E-state index contributed by atoms with van der Waals surface area (Å²) in [6.45, 7) is 7.59. The highest BCUT2D eigenvalue weighted by atomic mass is 79.9. The number of carboxylic acid groups (broad SMARTS) is 1. The van der Waals surface area contributed by atoms with Gasteiger partial charge in [0.05, 0.1) is 5.56 Å². The van der Waals surface area contributed by atoms with Crippen molar-refractivity contribution in [1.29, 1.82) is 0 Å². The minimum atomic E-state index is -1.16. The molecule has 2 aromatic heterocycles. The van der Waals surface area contributed by atoms with Gasteiger partial charge in [0.1, 0.15) is 11.6 Å². The summed E-state index contributed by atoms with van der Waals surface area (Å²) in [7, 11) is -1.16. The smallest absolute Gasteiger partial charge is 0.347 e. The number of halogens is 2. The molecular formula is C14H18BrFN2O3SSi. The lowest BCUT2D eigenvalue weighted by molar-refractivity contribution is 0.0701. The molecule has 0 spiro atoms. The van der Waals surface area contributed by atoms with Crippen LogP contribution in [0, 0.1) is 5.95 Å². The molecule has 0 aliphatic rings. The number of carbonyl (C=O) groups is 1. The molecule has 2 heterocycles. The molecule has 0 amide bonds. The number of aromatic nitrogens is 2. The van der Waals surface area contributed by atoms with Crippen molar-refractivity contribution in [2.75, 3.05) is 6.61 Å². The van der Waals surface area contributed by atoms with Crippen LogP contribution in [0.4, 0.5) is 4.39 Å². The van der Waals surface area contributed by atoms with Gasteiger partial charge in [-0.1, -0.05) is 19.6 Å². The summed E-state index contributed by atoms with van der Waals surface area (Å²) >= 11 is 4.18. The predicted octanol–water partition coefficient (Wildman–Crippen LogP) is 4.52. The highest BCUT2D eigenvalue weighted by molar-refractivity contribution is 9.10. The average molecular weight is 421 g/mol. The van der Waals surface area contributed by atoms with E-state index in [1.165, 1.54) is 10.9 Å². The molecule has 0 bridgehead atoms. The van der Waals surface area contributed by atoms with Gasteiger partial charge in [-0.15, -0.1) is 16.4 Å². The van der Waals surface area contributed by atoms with E-state index in [0.29, 0.717) is 16.0 Å². The van der Waals surface area contributed by atoms with Crippen LogP contribution in [0.25, 0.3) is 10.4 Å². The fourth-order valence-electron chi connectivity index (χ4n) is 1.81. The van der Waals surface area contributed by atoms with Crippen molar-refractivity contribution >= 4 is 41.3 Å². The van der Waals surface area contributed by atoms with Gasteiger partial charge >= 0.3 is 5.97 Å². The standard InChI is InChI=1S/C14H18BrFN2O3SSi/c1-23(2,3)5-4-21-8-18-7-9(13(16)17-18)11-6-10(15)12(22-11)14(19)20/h6-7H,4-5,8H2,1-3H3,(H,19,20). The molecule has 0 aliphatic heterocycles. The van der Waals surface area contributed by atoms with Crippen LogP contribution in [0.15, 0.2) is 16.7 Å². The number of carboxylic acids is 1. The Hall–Kier alpha value is -1.03. The number of ether oxygens (including phenoxy) is 1. The van der Waals surface area contributed by atoms with Crippen molar-refractivity contribution < 1.29 is 19.0 Å². The Morgan fingerprint density at radius 2 is 2.22 bits per heavy atom. The third-order valence-corrected chi connectivity index (χ3v) is 6.83. The van der Waals surface area contributed by atoms with Crippen molar-refractivity contribution in [2.45, 2.75) is 32.4 Å². The maximum atomic E-state index is 14.0. The first kappa shape index (κ1) is 18.3. The quantitative estimate of drug-likeness (QED) is 0.527. The second kappa shape index (κ2) is 7.25. The van der Waals surface area contributed by atoms with Gasteiger partial charge in [0, 0.05) is 30.2 Å². The first-order valence-corrected chi connectivity index (χ1v) is 12.3. The maximum absolute atomic E-state index is 14.0. The summed E-state index contributed by atoms with van der Waals surface area (Å²) in [5.74, 6) is -1.68. The number of nitrogens with zero attached hydrogens (tertiary/aromatic N) is 2. The molecule has 0 radical (unpaired) electrons. The summed E-state index contributed by atoms with van der Waals surface area (Å²) in [6.07, 6.45) is 1.54. The van der Waals surface area contributed by atoms with Crippen LogP contribution < -0.4 is 0 Å². The van der Waals surface area contributed by atoms with E-state index in [1.807, 2.05) is 0 Å². The van der Waals surface area contributed by atoms with Gasteiger partial charge < -0.3 is 9.84 Å². The lowest BCUT2D eigenvalue weighted by atomic mass is 10.3. The lowest BCUT2D eigenvalue weighted by Crippen LogP contribution is -2.22. The van der Waals surface area contributed by atoms with Crippen molar-refractivity contribution in [3.63, 3.8) is 0 Å². The molecule has 0 atom stereocenters. The Kier molecular flexibility index (Phi) is 5.77. The zero-order valence-corrected chi connectivity index (χ0v) is 16.5. The van der Waals surface area contributed by atoms with E-state index in [9.17, 15) is 9.18 Å². The highest BCUT2D eigenvalue weighted by Crippen LogP contribution is 2.35. The second-order valence-corrected chi connectivity index (χ2v) is 13.8. The van der Waals surface area contributed by atoms with Gasteiger partial charge in [-0.2, -0.15) is 4.39 Å². The molecule has 0 aromatic carbocycles. The van der Waals surface area contributed by atoms with Crippen LogP contribution >= 0.6 is 27.3 Å². The molecule has 0 saturated carbocycles. The van der Waals surface area contributed by atoms with Gasteiger partial charge in [0.25, 0.3) is 0 Å². The maximum Gasteiger partial charge on any atom is 0.347 e. The van der Waals surface area contributed by atoms with Crippen LogP contribution in [-0.4, -0.2) is 35.5 Å². The molecular weight excluding hydrogens is 403 g/mol. The topological polar surface area (TPSA) is 64.3 Å². The number of hydrogen-bond donors (Lipinski definition) is 1. The van der Waals surface area contributed by atoms with E-state index in [-0.39, 0.29) is 17.2 Å². The zero-order chi connectivity index (χ0) is 17.2. The molecule has 23 heavy (non-hydrogen) atoms. The first-order valence-electron chi connectivity index (χ1n) is 7.01. The third kappa shape index (κ3) is 4.97. The highest BCUT2D eigenvalue weighted by Gasteiger charge is 2.19. The van der Waals surface area contributed by atoms with E-state index in [0.717, 1.165) is 17.4 Å². The number of hydrogen-bond acceptors (Lipinski definition) is 4. The molecule has 5 nitrogen and oxygen atoms in total. The number of aromatic carboxylic acids is 1. The Morgan fingerprint density at radius 3 is 2.78 bits per heavy atom. The fraction of sp³-hybridized carbons (Fsp3) is 0.429. The van der Waals surface area contributed by atoms with Crippen LogP contribution in [0.3, 0.4) is 0 Å². The van der Waals surface area contributed by atoms with E-state index >= 15 is 0 Å². The Balaban J connectivity index is 2.06. The Labute approximate surface area is 147 Å². The lowest BCUT2D eigenvalue weighted by Gasteiger charge is -2.15. The molecule has 0 fully saturated rings. The third-order valence-electron chi connectivity index (χ3n) is 3.08. The van der Waals surface area contributed by atoms with Crippen LogP contribution in [0.5, 0.6) is 0 Å². The van der Waals surface area contributed by atoms with Gasteiger partial charge in [-0.3, -0.25) is 0 Å². The SMILES string of the molecule is C[Si](C)(C)CCOCn1cc(-c2cc(Br)c(C(=O)O)s2)c(F)n1. The summed E-state index contributed by atoms with van der Waals surface area (Å²) in [5.41, 5.74) is 0.275. The van der Waals surface area contributed by atoms with Crippen LogP contribution in [0.2, 0.25) is 25.7 Å². The first-order chi connectivity index (χ1) is 10.7. The van der Waals surface area contributed by atoms with Gasteiger partial charge in [-0.05, 0) is 28.0 Å². The molecule has 0 aliphatic carbocycles. The minimum absolute atomic E-state index is 0.138. The van der Waals surface area contributed by atoms with Crippen molar-refractivity contribution in [2.24, 2.45) is 0 Å². The minimum Gasteiger partial charge on any atom is -0.477 e. The largest absolute Gasteiger partial charge is 0.477 e. The molecule has 0 unspecified atom stereocenters. The molecule has 126 valence electrons. The summed E-state index contributed by atoms with van der Waals surface area (Å²) in [5, 5.41) is 12.8.